The summed E-state index contributed by atoms with van der Waals surface area (Å²) in [5.41, 5.74) is 4.61. The maximum absolute atomic E-state index is 13.0. The lowest BCUT2D eigenvalue weighted by atomic mass is 9.95. The van der Waals surface area contributed by atoms with Crippen LogP contribution in [0.15, 0.2) is 65.9 Å². The monoisotopic (exact) mass is 347 g/mol. The van der Waals surface area contributed by atoms with Gasteiger partial charge in [-0.15, -0.1) is 0 Å². The van der Waals surface area contributed by atoms with Crippen molar-refractivity contribution < 1.29 is 9.59 Å². The molecular formula is C21H21N3O2. The largest absolute Gasteiger partial charge is 0.333 e. The zero-order valence-corrected chi connectivity index (χ0v) is 14.7. The van der Waals surface area contributed by atoms with Gasteiger partial charge in [-0.1, -0.05) is 60.2 Å². The van der Waals surface area contributed by atoms with Gasteiger partial charge in [0.25, 0.3) is 5.91 Å². The minimum atomic E-state index is -0.395. The van der Waals surface area contributed by atoms with E-state index < -0.39 is 6.04 Å². The normalized spacial score (nSPS) is 19.3. The van der Waals surface area contributed by atoms with Crippen molar-refractivity contribution in [2.24, 2.45) is 0 Å². The fourth-order valence-electron chi connectivity index (χ4n) is 3.62. The Morgan fingerprint density at radius 1 is 1.08 bits per heavy atom. The molecule has 0 aromatic heterocycles. The van der Waals surface area contributed by atoms with Gasteiger partial charge in [0, 0.05) is 6.54 Å². The Hall–Kier alpha value is -3.08. The van der Waals surface area contributed by atoms with Crippen molar-refractivity contribution in [2.45, 2.75) is 19.4 Å². The summed E-state index contributed by atoms with van der Waals surface area (Å²) in [5.74, 6) is -0.00469. The molecule has 5 heteroatoms. The van der Waals surface area contributed by atoms with Gasteiger partial charge in [0.2, 0.25) is 0 Å². The summed E-state index contributed by atoms with van der Waals surface area (Å²) in [6.45, 7) is 3.09. The van der Waals surface area contributed by atoms with Crippen molar-refractivity contribution >= 4 is 11.9 Å². The standard InChI is InChI=1S/C21H21N3O2/c1-14-6-5-9-16(12-14)19-18-17(22-21(26)23-19)13-24(20(18)25)11-10-15-7-3-2-4-8-15/h2-9,12,19H,10-11,13H2,1H3,(H2,22,23,26)/t19-/m0/s1. The first kappa shape index (κ1) is 16.4. The fraction of sp³-hybridized carbons (Fsp3) is 0.238. The molecule has 132 valence electrons. The van der Waals surface area contributed by atoms with E-state index in [1.807, 2.05) is 54.3 Å². The van der Waals surface area contributed by atoms with Crippen LogP contribution in [0.3, 0.4) is 0 Å². The average Bonchev–Trinajstić information content (AvgIpc) is 2.96. The highest BCUT2D eigenvalue weighted by molar-refractivity contribution is 6.01. The van der Waals surface area contributed by atoms with Crippen molar-refractivity contribution in [3.63, 3.8) is 0 Å². The predicted octanol–water partition coefficient (Wildman–Crippen LogP) is 2.69. The van der Waals surface area contributed by atoms with Crippen LogP contribution in [0.1, 0.15) is 22.7 Å². The number of urea groups is 1. The molecule has 0 bridgehead atoms. The van der Waals surface area contributed by atoms with Crippen LogP contribution >= 0.6 is 0 Å². The molecule has 2 aromatic rings. The SMILES string of the molecule is Cc1cccc([C@@H]2NC(=O)NC3=C2C(=O)N(CCc2ccccc2)C3)c1. The third-order valence-corrected chi connectivity index (χ3v) is 4.91. The average molecular weight is 347 g/mol. The van der Waals surface area contributed by atoms with Crippen LogP contribution in [0.4, 0.5) is 4.79 Å². The third-order valence-electron chi connectivity index (χ3n) is 4.91. The highest BCUT2D eigenvalue weighted by atomic mass is 16.2. The summed E-state index contributed by atoms with van der Waals surface area (Å²) in [6, 6.07) is 17.4. The number of hydrogen-bond acceptors (Lipinski definition) is 2. The van der Waals surface area contributed by atoms with Gasteiger partial charge < -0.3 is 15.5 Å². The van der Waals surface area contributed by atoms with E-state index >= 15 is 0 Å². The van der Waals surface area contributed by atoms with Crippen LogP contribution in [0.2, 0.25) is 0 Å². The molecule has 0 aliphatic carbocycles. The van der Waals surface area contributed by atoms with Gasteiger partial charge in [-0.05, 0) is 24.5 Å². The molecule has 0 spiro atoms. The molecule has 2 heterocycles. The molecule has 0 saturated carbocycles. The number of carbonyl (C=O) groups is 2. The summed E-state index contributed by atoms with van der Waals surface area (Å²) in [6.07, 6.45) is 0.795. The van der Waals surface area contributed by atoms with Crippen molar-refractivity contribution in [3.05, 3.63) is 82.6 Å². The quantitative estimate of drug-likeness (QED) is 0.893. The molecule has 2 N–H and O–H groups in total. The van der Waals surface area contributed by atoms with E-state index in [0.29, 0.717) is 18.7 Å². The maximum atomic E-state index is 13.0. The molecule has 5 nitrogen and oxygen atoms in total. The zero-order valence-electron chi connectivity index (χ0n) is 14.7. The first-order valence-corrected chi connectivity index (χ1v) is 8.82. The molecule has 3 amide bonds. The Morgan fingerprint density at radius 3 is 2.65 bits per heavy atom. The van der Waals surface area contributed by atoms with Gasteiger partial charge in [-0.25, -0.2) is 4.79 Å². The molecule has 26 heavy (non-hydrogen) atoms. The van der Waals surface area contributed by atoms with Crippen molar-refractivity contribution in [1.82, 2.24) is 15.5 Å². The number of aryl methyl sites for hydroxylation is 1. The lowest BCUT2D eigenvalue weighted by Crippen LogP contribution is -2.44. The van der Waals surface area contributed by atoms with Gasteiger partial charge >= 0.3 is 6.03 Å². The van der Waals surface area contributed by atoms with E-state index in [0.717, 1.165) is 23.2 Å². The highest BCUT2D eigenvalue weighted by Gasteiger charge is 2.40. The summed E-state index contributed by atoms with van der Waals surface area (Å²) in [7, 11) is 0. The summed E-state index contributed by atoms with van der Waals surface area (Å²) >= 11 is 0. The molecule has 0 unspecified atom stereocenters. The predicted molar refractivity (Wildman–Crippen MR) is 99.3 cm³/mol. The minimum absolute atomic E-state index is 0.00469. The first-order chi connectivity index (χ1) is 12.6. The number of carbonyl (C=O) groups excluding carboxylic acids is 2. The molecular weight excluding hydrogens is 326 g/mol. The Bertz CT molecular complexity index is 889. The van der Waals surface area contributed by atoms with Crippen LogP contribution < -0.4 is 10.6 Å². The Balaban J connectivity index is 1.56. The lowest BCUT2D eigenvalue weighted by molar-refractivity contribution is -0.125. The first-order valence-electron chi connectivity index (χ1n) is 8.82. The number of benzene rings is 2. The number of amides is 3. The fourth-order valence-corrected chi connectivity index (χ4v) is 3.62. The summed E-state index contributed by atoms with van der Waals surface area (Å²) < 4.78 is 0. The maximum Gasteiger partial charge on any atom is 0.319 e. The van der Waals surface area contributed by atoms with E-state index in [1.54, 1.807) is 0 Å². The summed E-state index contributed by atoms with van der Waals surface area (Å²) in [5, 5.41) is 5.72. The Labute approximate surface area is 152 Å². The number of hydrogen-bond donors (Lipinski definition) is 2. The second-order valence-corrected chi connectivity index (χ2v) is 6.80. The molecule has 2 aliphatic heterocycles. The van der Waals surface area contributed by atoms with Crippen LogP contribution in [0.25, 0.3) is 0 Å². The molecule has 0 radical (unpaired) electrons. The molecule has 0 saturated heterocycles. The molecule has 1 atom stereocenters. The topological polar surface area (TPSA) is 61.4 Å². The van der Waals surface area contributed by atoms with Crippen molar-refractivity contribution in [3.8, 4) is 0 Å². The molecule has 0 fully saturated rings. The van der Waals surface area contributed by atoms with Gasteiger partial charge in [0.05, 0.1) is 23.9 Å². The number of nitrogens with zero attached hydrogens (tertiary/aromatic N) is 1. The van der Waals surface area contributed by atoms with Gasteiger partial charge in [0.1, 0.15) is 0 Å². The molecule has 4 rings (SSSR count). The Morgan fingerprint density at radius 2 is 1.88 bits per heavy atom. The van der Waals surface area contributed by atoms with Crippen molar-refractivity contribution in [1.29, 1.82) is 0 Å². The van der Waals surface area contributed by atoms with Crippen LogP contribution in [0, 0.1) is 6.92 Å². The van der Waals surface area contributed by atoms with Crippen molar-refractivity contribution in [2.75, 3.05) is 13.1 Å². The molecule has 2 aliphatic rings. The minimum Gasteiger partial charge on any atom is -0.333 e. The number of rotatable bonds is 4. The van der Waals surface area contributed by atoms with Gasteiger partial charge in [-0.3, -0.25) is 4.79 Å². The van der Waals surface area contributed by atoms with Crippen LogP contribution in [-0.2, 0) is 11.2 Å². The van der Waals surface area contributed by atoms with Gasteiger partial charge in [0.15, 0.2) is 0 Å². The van der Waals surface area contributed by atoms with Crippen LogP contribution in [0.5, 0.6) is 0 Å². The second kappa shape index (κ2) is 6.67. The number of nitrogens with one attached hydrogen (secondary N) is 2. The third kappa shape index (κ3) is 3.08. The van der Waals surface area contributed by atoms with Crippen LogP contribution in [-0.4, -0.2) is 29.9 Å². The van der Waals surface area contributed by atoms with E-state index in [2.05, 4.69) is 22.8 Å². The second-order valence-electron chi connectivity index (χ2n) is 6.80. The van der Waals surface area contributed by atoms with E-state index in [9.17, 15) is 9.59 Å². The highest BCUT2D eigenvalue weighted by Crippen LogP contribution is 2.32. The summed E-state index contributed by atoms with van der Waals surface area (Å²) in [4.78, 5) is 26.9. The lowest BCUT2D eigenvalue weighted by Gasteiger charge is -2.25. The van der Waals surface area contributed by atoms with E-state index in [1.165, 1.54) is 5.56 Å². The van der Waals surface area contributed by atoms with E-state index in [4.69, 9.17) is 0 Å². The molecule has 2 aromatic carbocycles. The van der Waals surface area contributed by atoms with Gasteiger partial charge in [-0.2, -0.15) is 0 Å². The Kier molecular flexibility index (Phi) is 4.21. The smallest absolute Gasteiger partial charge is 0.319 e. The van der Waals surface area contributed by atoms with E-state index in [-0.39, 0.29) is 11.9 Å². The zero-order chi connectivity index (χ0) is 18.1.